The number of benzene rings is 1. The summed E-state index contributed by atoms with van der Waals surface area (Å²) in [6, 6.07) is 5.10. The number of esters is 1. The van der Waals surface area contributed by atoms with E-state index in [4.69, 9.17) is 14.2 Å². The van der Waals surface area contributed by atoms with Gasteiger partial charge in [0, 0.05) is 12.3 Å². The highest BCUT2D eigenvalue weighted by Gasteiger charge is 2.40. The van der Waals surface area contributed by atoms with E-state index in [9.17, 15) is 9.59 Å². The van der Waals surface area contributed by atoms with Crippen molar-refractivity contribution in [3.8, 4) is 5.75 Å². The molecule has 1 unspecified atom stereocenters. The molecule has 0 aliphatic heterocycles. The maximum Gasteiger partial charge on any atom is 0.341 e. The average Bonchev–Trinajstić information content (AvgIpc) is 2.73. The van der Waals surface area contributed by atoms with E-state index in [1.165, 1.54) is 0 Å². The van der Waals surface area contributed by atoms with E-state index in [0.29, 0.717) is 23.6 Å². The summed E-state index contributed by atoms with van der Waals surface area (Å²) < 4.78 is 17.1. The molecule has 1 amide bonds. The van der Waals surface area contributed by atoms with Gasteiger partial charge in [-0.15, -0.1) is 0 Å². The van der Waals surface area contributed by atoms with Gasteiger partial charge in [-0.05, 0) is 57.7 Å². The summed E-state index contributed by atoms with van der Waals surface area (Å²) in [5.74, 6) is -0.141. The molecule has 0 radical (unpaired) electrons. The predicted molar refractivity (Wildman–Crippen MR) is 113 cm³/mol. The lowest BCUT2D eigenvalue weighted by atomic mass is 9.83. The Balaban J connectivity index is 2.25. The second-order valence-electron chi connectivity index (χ2n) is 7.63. The minimum atomic E-state index is -0.787. The van der Waals surface area contributed by atoms with Crippen molar-refractivity contribution in [2.75, 3.05) is 18.5 Å². The lowest BCUT2D eigenvalue weighted by molar-refractivity contribution is -0.146. The zero-order chi connectivity index (χ0) is 21.3. The van der Waals surface area contributed by atoms with Crippen LogP contribution < -0.4 is 10.1 Å². The molecular formula is C23H35NO5. The molecule has 1 saturated carbocycles. The van der Waals surface area contributed by atoms with E-state index in [2.05, 4.69) is 5.32 Å². The minimum Gasteiger partial charge on any atom is -0.490 e. The lowest BCUT2D eigenvalue weighted by Crippen LogP contribution is -2.47. The van der Waals surface area contributed by atoms with Crippen LogP contribution in [0.1, 0.15) is 83.0 Å². The SMILES string of the molecule is CCCOC1(C(=O)Nc2ccc(OC(C)CC)c(C(=O)OCC)c2)CCCCC1. The van der Waals surface area contributed by atoms with Crippen molar-refractivity contribution >= 4 is 17.6 Å². The number of amides is 1. The first-order valence-corrected chi connectivity index (χ1v) is 10.9. The molecule has 1 fully saturated rings. The molecule has 0 aromatic heterocycles. The Morgan fingerprint density at radius 2 is 1.86 bits per heavy atom. The van der Waals surface area contributed by atoms with Gasteiger partial charge in [0.15, 0.2) is 0 Å². The van der Waals surface area contributed by atoms with Gasteiger partial charge in [-0.1, -0.05) is 33.1 Å². The maximum absolute atomic E-state index is 13.1. The molecule has 1 aromatic rings. The summed E-state index contributed by atoms with van der Waals surface area (Å²) in [5.41, 5.74) is 0.0706. The highest BCUT2D eigenvalue weighted by atomic mass is 16.5. The molecule has 1 aromatic carbocycles. The van der Waals surface area contributed by atoms with Gasteiger partial charge in [0.25, 0.3) is 5.91 Å². The van der Waals surface area contributed by atoms with Crippen molar-refractivity contribution in [3.63, 3.8) is 0 Å². The average molecular weight is 406 g/mol. The van der Waals surface area contributed by atoms with Crippen LogP contribution in [0.25, 0.3) is 0 Å². The Morgan fingerprint density at radius 1 is 1.14 bits per heavy atom. The Bertz CT molecular complexity index is 682. The first-order chi connectivity index (χ1) is 14.0. The van der Waals surface area contributed by atoms with Crippen LogP contribution in [0.2, 0.25) is 0 Å². The fourth-order valence-electron chi connectivity index (χ4n) is 3.48. The van der Waals surface area contributed by atoms with Crippen LogP contribution in [-0.4, -0.2) is 36.8 Å². The van der Waals surface area contributed by atoms with Gasteiger partial charge in [-0.25, -0.2) is 4.79 Å². The molecule has 1 aliphatic carbocycles. The highest BCUT2D eigenvalue weighted by molar-refractivity contribution is 5.99. The summed E-state index contributed by atoms with van der Waals surface area (Å²) in [6.07, 6.45) is 6.18. The predicted octanol–water partition coefficient (Wildman–Crippen LogP) is 5.11. The zero-order valence-corrected chi connectivity index (χ0v) is 18.2. The number of carbonyl (C=O) groups excluding carboxylic acids is 2. The van der Waals surface area contributed by atoms with E-state index >= 15 is 0 Å². The van der Waals surface area contributed by atoms with Crippen LogP contribution >= 0.6 is 0 Å². The molecule has 6 heteroatoms. The van der Waals surface area contributed by atoms with Crippen molar-refractivity contribution in [1.82, 2.24) is 0 Å². The Morgan fingerprint density at radius 3 is 2.48 bits per heavy atom. The first kappa shape index (κ1) is 23.2. The number of carbonyl (C=O) groups is 2. The van der Waals surface area contributed by atoms with E-state index in [0.717, 1.165) is 44.9 Å². The van der Waals surface area contributed by atoms with Crippen LogP contribution in [0, 0.1) is 0 Å². The summed E-state index contributed by atoms with van der Waals surface area (Å²) >= 11 is 0. The molecule has 1 atom stereocenters. The van der Waals surface area contributed by atoms with Crippen molar-refractivity contribution in [2.45, 2.75) is 84.3 Å². The monoisotopic (exact) mass is 405 g/mol. The number of ether oxygens (including phenoxy) is 3. The van der Waals surface area contributed by atoms with Crippen molar-refractivity contribution in [3.05, 3.63) is 23.8 Å². The van der Waals surface area contributed by atoms with Crippen LogP contribution in [0.15, 0.2) is 18.2 Å². The molecule has 6 nitrogen and oxygen atoms in total. The third-order valence-corrected chi connectivity index (χ3v) is 5.29. The molecule has 162 valence electrons. The van der Waals surface area contributed by atoms with Crippen LogP contribution in [0.4, 0.5) is 5.69 Å². The van der Waals surface area contributed by atoms with Gasteiger partial charge in [0.2, 0.25) is 0 Å². The van der Waals surface area contributed by atoms with E-state index < -0.39 is 11.6 Å². The molecule has 29 heavy (non-hydrogen) atoms. The van der Waals surface area contributed by atoms with Gasteiger partial charge >= 0.3 is 5.97 Å². The van der Waals surface area contributed by atoms with E-state index in [-0.39, 0.29) is 18.6 Å². The second-order valence-corrected chi connectivity index (χ2v) is 7.63. The zero-order valence-electron chi connectivity index (χ0n) is 18.2. The smallest absolute Gasteiger partial charge is 0.341 e. The van der Waals surface area contributed by atoms with Crippen molar-refractivity contribution < 1.29 is 23.8 Å². The van der Waals surface area contributed by atoms with Crippen LogP contribution in [0.5, 0.6) is 5.75 Å². The van der Waals surface area contributed by atoms with Gasteiger partial charge in [0.1, 0.15) is 16.9 Å². The number of rotatable bonds is 10. The molecule has 0 saturated heterocycles. The Kier molecular flexibility index (Phi) is 8.96. The third kappa shape index (κ3) is 6.20. The molecule has 0 heterocycles. The van der Waals surface area contributed by atoms with E-state index in [1.54, 1.807) is 25.1 Å². The van der Waals surface area contributed by atoms with Crippen LogP contribution in [-0.2, 0) is 14.3 Å². The Hall–Kier alpha value is -2.08. The lowest BCUT2D eigenvalue weighted by Gasteiger charge is -2.35. The molecule has 2 rings (SSSR count). The molecular weight excluding hydrogens is 370 g/mol. The van der Waals surface area contributed by atoms with Crippen molar-refractivity contribution in [1.29, 1.82) is 0 Å². The van der Waals surface area contributed by atoms with Crippen molar-refractivity contribution in [2.24, 2.45) is 0 Å². The summed E-state index contributed by atoms with van der Waals surface area (Å²) in [7, 11) is 0. The molecule has 0 bridgehead atoms. The Labute approximate surface area is 174 Å². The fourth-order valence-corrected chi connectivity index (χ4v) is 3.48. The van der Waals surface area contributed by atoms with Gasteiger partial charge in [-0.3, -0.25) is 4.79 Å². The maximum atomic E-state index is 13.1. The molecule has 1 aliphatic rings. The first-order valence-electron chi connectivity index (χ1n) is 10.9. The van der Waals surface area contributed by atoms with Gasteiger partial charge in [0.05, 0.1) is 12.7 Å². The summed E-state index contributed by atoms with van der Waals surface area (Å²) in [6.45, 7) is 8.59. The number of hydrogen-bond acceptors (Lipinski definition) is 5. The summed E-state index contributed by atoms with van der Waals surface area (Å²) in [4.78, 5) is 25.6. The normalized spacial score (nSPS) is 16.7. The number of anilines is 1. The topological polar surface area (TPSA) is 73.9 Å². The van der Waals surface area contributed by atoms with E-state index in [1.807, 2.05) is 20.8 Å². The van der Waals surface area contributed by atoms with Gasteiger partial charge < -0.3 is 19.5 Å². The van der Waals surface area contributed by atoms with Gasteiger partial charge in [-0.2, -0.15) is 0 Å². The molecule has 1 N–H and O–H groups in total. The highest BCUT2D eigenvalue weighted by Crippen LogP contribution is 2.34. The van der Waals surface area contributed by atoms with Crippen LogP contribution in [0.3, 0.4) is 0 Å². The fraction of sp³-hybridized carbons (Fsp3) is 0.652. The number of nitrogens with one attached hydrogen (secondary N) is 1. The molecule has 0 spiro atoms. The quantitative estimate of drug-likeness (QED) is 0.548. The third-order valence-electron chi connectivity index (χ3n) is 5.29. The minimum absolute atomic E-state index is 0.0310. The largest absolute Gasteiger partial charge is 0.490 e. The standard InChI is InChI=1S/C23H35NO5/c1-5-15-28-23(13-9-8-10-14-23)22(26)24-18-11-12-20(29-17(4)6-2)19(16-18)21(25)27-7-3/h11-12,16-17H,5-10,13-15H2,1-4H3,(H,24,26). The summed E-state index contributed by atoms with van der Waals surface area (Å²) in [5, 5.41) is 2.97. The number of hydrogen-bond donors (Lipinski definition) is 1. The second kappa shape index (κ2) is 11.2.